The van der Waals surface area contributed by atoms with Crippen LogP contribution in [0.4, 0.5) is 5.69 Å². The van der Waals surface area contributed by atoms with Gasteiger partial charge in [0, 0.05) is 30.8 Å². The van der Waals surface area contributed by atoms with Gasteiger partial charge >= 0.3 is 0 Å². The van der Waals surface area contributed by atoms with Crippen LogP contribution >= 0.6 is 0 Å². The van der Waals surface area contributed by atoms with Crippen LogP contribution in [-0.2, 0) is 11.3 Å². The quantitative estimate of drug-likeness (QED) is 0.667. The number of hydrogen-bond acceptors (Lipinski definition) is 5. The topological polar surface area (TPSA) is 75.8 Å². The van der Waals surface area contributed by atoms with E-state index in [2.05, 4.69) is 11.8 Å². The Kier molecular flexibility index (Phi) is 5.50. The summed E-state index contributed by atoms with van der Waals surface area (Å²) in [6.07, 6.45) is -0.180. The zero-order chi connectivity index (χ0) is 16.3. The van der Waals surface area contributed by atoms with Crippen molar-refractivity contribution in [3.63, 3.8) is 0 Å². The smallest absolute Gasteiger partial charge is 0.273 e. The molecule has 0 aliphatic carbocycles. The highest BCUT2D eigenvalue weighted by Gasteiger charge is 2.26. The zero-order valence-corrected chi connectivity index (χ0v) is 13.4. The standard InChI is InChI=1S/C16H24N2O4/c1-11(2)15-5-4-13(6-16(15)18(20)21)7-17-8-14(9-19)22-10-12(17)3/h4-6,11-12,14,19H,7-10H2,1-3H3. The normalized spacial score (nSPS) is 23.0. The minimum absolute atomic E-state index is 0.00431. The zero-order valence-electron chi connectivity index (χ0n) is 13.4. The van der Waals surface area contributed by atoms with Crippen molar-refractivity contribution >= 4 is 5.69 Å². The van der Waals surface area contributed by atoms with Gasteiger partial charge < -0.3 is 9.84 Å². The summed E-state index contributed by atoms with van der Waals surface area (Å²) in [5.41, 5.74) is 1.87. The fourth-order valence-electron chi connectivity index (χ4n) is 2.77. The molecule has 1 N–H and O–H groups in total. The number of rotatable bonds is 5. The third-order valence-corrected chi connectivity index (χ3v) is 4.14. The van der Waals surface area contributed by atoms with Gasteiger partial charge in [0.1, 0.15) is 0 Å². The first-order valence-electron chi connectivity index (χ1n) is 7.66. The molecule has 1 saturated heterocycles. The van der Waals surface area contributed by atoms with E-state index in [9.17, 15) is 15.2 Å². The minimum atomic E-state index is -0.307. The summed E-state index contributed by atoms with van der Waals surface area (Å²) in [5.74, 6) is 0.121. The lowest BCUT2D eigenvalue weighted by atomic mass is 9.99. The van der Waals surface area contributed by atoms with Crippen molar-refractivity contribution in [3.8, 4) is 0 Å². The first-order valence-corrected chi connectivity index (χ1v) is 7.66. The molecule has 1 fully saturated rings. The first kappa shape index (κ1) is 16.9. The van der Waals surface area contributed by atoms with Crippen molar-refractivity contribution in [2.45, 2.75) is 45.4 Å². The van der Waals surface area contributed by atoms with Gasteiger partial charge in [0.25, 0.3) is 5.69 Å². The van der Waals surface area contributed by atoms with Crippen LogP contribution in [0.3, 0.4) is 0 Å². The van der Waals surface area contributed by atoms with Gasteiger partial charge in [-0.3, -0.25) is 15.0 Å². The number of nitro benzene ring substituents is 1. The van der Waals surface area contributed by atoms with Gasteiger partial charge in [-0.25, -0.2) is 0 Å². The average molecular weight is 308 g/mol. The Morgan fingerprint density at radius 3 is 2.82 bits per heavy atom. The maximum absolute atomic E-state index is 11.3. The molecule has 0 radical (unpaired) electrons. The van der Waals surface area contributed by atoms with Crippen LogP contribution in [0, 0.1) is 10.1 Å². The third kappa shape index (κ3) is 3.82. The van der Waals surface area contributed by atoms with E-state index in [0.29, 0.717) is 19.7 Å². The van der Waals surface area contributed by atoms with Gasteiger partial charge in [-0.2, -0.15) is 0 Å². The number of hydrogen-bond donors (Lipinski definition) is 1. The summed E-state index contributed by atoms with van der Waals surface area (Å²) in [5, 5.41) is 20.5. The Bertz CT molecular complexity index is 533. The van der Waals surface area contributed by atoms with Crippen LogP contribution in [0.5, 0.6) is 0 Å². The molecule has 0 bridgehead atoms. The molecule has 2 atom stereocenters. The number of aliphatic hydroxyl groups is 1. The number of nitro groups is 1. The number of morpholine rings is 1. The molecule has 1 aliphatic heterocycles. The second kappa shape index (κ2) is 7.17. The third-order valence-electron chi connectivity index (χ3n) is 4.14. The van der Waals surface area contributed by atoms with Crippen LogP contribution in [-0.4, -0.2) is 46.8 Å². The molecule has 0 aromatic heterocycles. The van der Waals surface area contributed by atoms with Crippen LogP contribution in [0.1, 0.15) is 37.8 Å². The van der Waals surface area contributed by atoms with Crippen LogP contribution < -0.4 is 0 Å². The molecule has 6 heteroatoms. The van der Waals surface area contributed by atoms with Crippen LogP contribution in [0.15, 0.2) is 18.2 Å². The van der Waals surface area contributed by atoms with E-state index in [0.717, 1.165) is 11.1 Å². The monoisotopic (exact) mass is 308 g/mol. The van der Waals surface area contributed by atoms with Gasteiger partial charge in [-0.05, 0) is 18.4 Å². The fraction of sp³-hybridized carbons (Fsp3) is 0.625. The highest BCUT2D eigenvalue weighted by atomic mass is 16.6. The van der Waals surface area contributed by atoms with E-state index in [1.165, 1.54) is 0 Å². The van der Waals surface area contributed by atoms with E-state index in [-0.39, 0.29) is 35.3 Å². The maximum Gasteiger partial charge on any atom is 0.273 e. The summed E-state index contributed by atoms with van der Waals surface area (Å²) in [6, 6.07) is 5.71. The van der Waals surface area contributed by atoms with Crippen molar-refractivity contribution in [1.82, 2.24) is 4.90 Å². The summed E-state index contributed by atoms with van der Waals surface area (Å²) < 4.78 is 5.52. The van der Waals surface area contributed by atoms with Crippen molar-refractivity contribution in [2.75, 3.05) is 19.8 Å². The molecule has 1 aromatic carbocycles. The molecular formula is C16H24N2O4. The molecule has 122 valence electrons. The molecule has 0 spiro atoms. The van der Waals surface area contributed by atoms with Crippen molar-refractivity contribution in [3.05, 3.63) is 39.4 Å². The molecule has 1 heterocycles. The summed E-state index contributed by atoms with van der Waals surface area (Å²) in [4.78, 5) is 13.2. The molecule has 22 heavy (non-hydrogen) atoms. The minimum Gasteiger partial charge on any atom is -0.394 e. The van der Waals surface area contributed by atoms with E-state index < -0.39 is 0 Å². The second-order valence-corrected chi connectivity index (χ2v) is 6.22. The van der Waals surface area contributed by atoms with E-state index in [1.807, 2.05) is 26.0 Å². The van der Waals surface area contributed by atoms with Gasteiger partial charge in [-0.15, -0.1) is 0 Å². The molecular weight excluding hydrogens is 284 g/mol. The Balaban J connectivity index is 2.18. The summed E-state index contributed by atoms with van der Waals surface area (Å²) in [6.45, 7) is 7.80. The van der Waals surface area contributed by atoms with E-state index in [4.69, 9.17) is 4.74 Å². The molecule has 6 nitrogen and oxygen atoms in total. The molecule has 2 unspecified atom stereocenters. The highest BCUT2D eigenvalue weighted by Crippen LogP contribution is 2.28. The molecule has 1 aromatic rings. The van der Waals surface area contributed by atoms with Gasteiger partial charge in [0.15, 0.2) is 0 Å². The van der Waals surface area contributed by atoms with Gasteiger partial charge in [-0.1, -0.05) is 26.0 Å². The SMILES string of the molecule is CC(C)c1ccc(CN2CC(CO)OCC2C)cc1[N+](=O)[O-]. The number of ether oxygens (including phenoxy) is 1. The molecule has 1 aliphatic rings. The molecule has 0 saturated carbocycles. The van der Waals surface area contributed by atoms with Crippen molar-refractivity contribution in [1.29, 1.82) is 0 Å². The van der Waals surface area contributed by atoms with Gasteiger partial charge in [0.2, 0.25) is 0 Å². The Morgan fingerprint density at radius 2 is 2.23 bits per heavy atom. The van der Waals surface area contributed by atoms with Crippen LogP contribution in [0.25, 0.3) is 0 Å². The molecule has 2 rings (SSSR count). The van der Waals surface area contributed by atoms with E-state index in [1.54, 1.807) is 6.07 Å². The summed E-state index contributed by atoms with van der Waals surface area (Å²) >= 11 is 0. The Hall–Kier alpha value is -1.50. The first-order chi connectivity index (χ1) is 10.4. The molecule has 0 amide bonds. The second-order valence-electron chi connectivity index (χ2n) is 6.22. The Morgan fingerprint density at radius 1 is 1.50 bits per heavy atom. The Labute approximate surface area is 130 Å². The van der Waals surface area contributed by atoms with Crippen LogP contribution in [0.2, 0.25) is 0 Å². The number of aliphatic hydroxyl groups excluding tert-OH is 1. The van der Waals surface area contributed by atoms with Crippen molar-refractivity contribution in [2.24, 2.45) is 0 Å². The largest absolute Gasteiger partial charge is 0.394 e. The lowest BCUT2D eigenvalue weighted by Crippen LogP contribution is -2.48. The predicted molar refractivity (Wildman–Crippen MR) is 83.9 cm³/mol. The lowest BCUT2D eigenvalue weighted by molar-refractivity contribution is -0.385. The average Bonchev–Trinajstić information content (AvgIpc) is 2.49. The highest BCUT2D eigenvalue weighted by molar-refractivity contribution is 5.45. The summed E-state index contributed by atoms with van der Waals surface area (Å²) in [7, 11) is 0. The maximum atomic E-state index is 11.3. The fourth-order valence-corrected chi connectivity index (χ4v) is 2.77. The van der Waals surface area contributed by atoms with Crippen molar-refractivity contribution < 1.29 is 14.8 Å². The van der Waals surface area contributed by atoms with Gasteiger partial charge in [0.05, 0.1) is 24.2 Å². The number of nitrogens with zero attached hydrogens (tertiary/aromatic N) is 2. The number of benzene rings is 1. The lowest BCUT2D eigenvalue weighted by Gasteiger charge is -2.37. The van der Waals surface area contributed by atoms with E-state index >= 15 is 0 Å². The predicted octanol–water partition coefficient (Wildman–Crippen LogP) is 2.30.